The maximum atomic E-state index is 13.6. The van der Waals surface area contributed by atoms with Crippen molar-refractivity contribution in [1.29, 1.82) is 0 Å². The fourth-order valence-corrected chi connectivity index (χ4v) is 6.98. The second-order valence-electron chi connectivity index (χ2n) is 10.1. The van der Waals surface area contributed by atoms with E-state index in [4.69, 9.17) is 23.7 Å². The number of carbonyl (C=O) groups excluding carboxylic acids is 2. The first-order valence-corrected chi connectivity index (χ1v) is 12.5. The molecule has 10 nitrogen and oxygen atoms in total. The van der Waals surface area contributed by atoms with E-state index < -0.39 is 28.4 Å². The molecule has 1 aliphatic heterocycles. The zero-order valence-electron chi connectivity index (χ0n) is 22.1. The Morgan fingerprint density at radius 2 is 1.20 bits per heavy atom. The van der Waals surface area contributed by atoms with Crippen LogP contribution in [-0.2, 0) is 9.59 Å². The lowest BCUT2D eigenvalue weighted by Gasteiger charge is -2.35. The van der Waals surface area contributed by atoms with Crippen molar-refractivity contribution in [3.63, 3.8) is 0 Å². The van der Waals surface area contributed by atoms with Crippen molar-refractivity contribution in [1.82, 2.24) is 0 Å². The van der Waals surface area contributed by atoms with Crippen LogP contribution in [0.5, 0.6) is 34.5 Å². The van der Waals surface area contributed by atoms with E-state index in [1.807, 2.05) is 0 Å². The van der Waals surface area contributed by atoms with Crippen molar-refractivity contribution in [3.8, 4) is 34.5 Å². The molecule has 2 atom stereocenters. The second-order valence-corrected chi connectivity index (χ2v) is 10.1. The van der Waals surface area contributed by atoms with Crippen molar-refractivity contribution >= 4 is 54.7 Å². The number of carbonyl (C=O) groups is 2. The third kappa shape index (κ3) is 2.58. The molecule has 1 heterocycles. The smallest absolute Gasteiger partial charge is 0.231 e. The predicted octanol–water partition coefficient (Wildman–Crippen LogP) is 3.71. The summed E-state index contributed by atoms with van der Waals surface area (Å²) in [5.41, 5.74) is -0.310. The first-order valence-electron chi connectivity index (χ1n) is 12.5. The number of hydrogen-bond donors (Lipinski definition) is 1. The van der Waals surface area contributed by atoms with E-state index >= 15 is 0 Å². The zero-order valence-corrected chi connectivity index (χ0v) is 22.1. The molecule has 0 amide bonds. The molecule has 2 aliphatic rings. The maximum absolute atomic E-state index is 13.6. The number of hydrogen-bond acceptors (Lipinski definition) is 10. The lowest BCUT2D eigenvalue weighted by molar-refractivity contribution is -0.125. The van der Waals surface area contributed by atoms with Gasteiger partial charge in [0.1, 0.15) is 23.1 Å². The Hall–Kier alpha value is -4.86. The average Bonchev–Trinajstić information content (AvgIpc) is 3.41. The molecule has 0 fully saturated rings. The third-order valence-electron chi connectivity index (χ3n) is 8.30. The van der Waals surface area contributed by atoms with Crippen LogP contribution in [-0.4, -0.2) is 44.8 Å². The van der Waals surface area contributed by atoms with E-state index in [2.05, 4.69) is 0 Å². The van der Waals surface area contributed by atoms with E-state index in [9.17, 15) is 24.3 Å². The number of phenols is 1. The van der Waals surface area contributed by atoms with Crippen LogP contribution in [0, 0.1) is 0 Å². The Morgan fingerprint density at radius 1 is 0.700 bits per heavy atom. The Balaban J connectivity index is 2.01. The van der Waals surface area contributed by atoms with Crippen LogP contribution < -0.4 is 34.5 Å². The number of aromatic hydroxyl groups is 1. The number of phenolic OH excluding ortho intramolecular Hbond substituents is 1. The van der Waals surface area contributed by atoms with Crippen LogP contribution in [0.4, 0.5) is 0 Å². The first kappa shape index (κ1) is 24.2. The molecule has 7 rings (SSSR count). The minimum atomic E-state index is -1.09. The Bertz CT molecular complexity index is 2080. The SMILES string of the molecule is COc1c(O)c2c(=O)cc(OC)c3c4c(OC)cc(=O)c5c6c(c7c(c(c1[C@H](C(C)=O)[C@H]7C(C)=O)c23)c54)OCO6. The molecule has 1 aliphatic carbocycles. The number of ether oxygens (including phenoxy) is 5. The highest BCUT2D eigenvalue weighted by Gasteiger charge is 2.47. The molecule has 0 spiro atoms. The van der Waals surface area contributed by atoms with Gasteiger partial charge in [-0.25, -0.2) is 0 Å². The van der Waals surface area contributed by atoms with Crippen molar-refractivity contribution in [2.24, 2.45) is 0 Å². The lowest BCUT2D eigenvalue weighted by atomic mass is 9.67. The summed E-state index contributed by atoms with van der Waals surface area (Å²) >= 11 is 0. The number of methoxy groups -OCH3 is 3. The number of ketones is 2. The molecular weight excluding hydrogens is 520 g/mol. The van der Waals surface area contributed by atoms with Gasteiger partial charge in [0.25, 0.3) is 0 Å². The quantitative estimate of drug-likeness (QED) is 0.259. The highest BCUT2D eigenvalue weighted by molar-refractivity contribution is 6.39. The van der Waals surface area contributed by atoms with Crippen molar-refractivity contribution in [3.05, 3.63) is 43.7 Å². The second kappa shape index (κ2) is 7.84. The van der Waals surface area contributed by atoms with Crippen molar-refractivity contribution in [2.45, 2.75) is 25.7 Å². The fourth-order valence-electron chi connectivity index (χ4n) is 6.98. The summed E-state index contributed by atoms with van der Waals surface area (Å²) in [6, 6.07) is 2.57. The maximum Gasteiger partial charge on any atom is 0.231 e. The van der Waals surface area contributed by atoms with Gasteiger partial charge in [0.05, 0.1) is 43.9 Å². The number of Topliss-reactive ketones (excluding diaryl/α,β-unsaturated/α-hetero) is 2. The van der Waals surface area contributed by atoms with Gasteiger partial charge < -0.3 is 28.8 Å². The molecule has 40 heavy (non-hydrogen) atoms. The largest absolute Gasteiger partial charge is 0.504 e. The molecule has 0 saturated heterocycles. The molecule has 0 aromatic heterocycles. The molecule has 10 heteroatoms. The minimum Gasteiger partial charge on any atom is -0.504 e. The van der Waals surface area contributed by atoms with Crippen LogP contribution in [0.2, 0.25) is 0 Å². The molecule has 1 N–H and O–H groups in total. The molecule has 0 saturated carbocycles. The van der Waals surface area contributed by atoms with Gasteiger partial charge in [0.2, 0.25) is 6.79 Å². The number of benzene rings is 5. The summed E-state index contributed by atoms with van der Waals surface area (Å²) in [6.45, 7) is 2.53. The molecule has 0 radical (unpaired) electrons. The summed E-state index contributed by atoms with van der Waals surface area (Å²) < 4.78 is 28.7. The van der Waals surface area contributed by atoms with Crippen molar-refractivity contribution in [2.75, 3.05) is 28.1 Å². The fraction of sp³-hybridized carbons (Fsp3) is 0.267. The van der Waals surface area contributed by atoms with E-state index in [-0.39, 0.29) is 63.4 Å². The van der Waals surface area contributed by atoms with E-state index in [0.717, 1.165) is 0 Å². The normalized spacial score (nSPS) is 17.4. The highest BCUT2D eigenvalue weighted by atomic mass is 16.7. The van der Waals surface area contributed by atoms with Gasteiger partial charge in [-0.05, 0) is 24.6 Å². The summed E-state index contributed by atoms with van der Waals surface area (Å²) in [5.74, 6) is -2.65. The minimum absolute atomic E-state index is 0.0503. The molecule has 0 bridgehead atoms. The van der Waals surface area contributed by atoms with Crippen LogP contribution in [0.3, 0.4) is 0 Å². The molecule has 0 unspecified atom stereocenters. The van der Waals surface area contributed by atoms with Crippen LogP contribution in [0.15, 0.2) is 21.7 Å². The van der Waals surface area contributed by atoms with Crippen LogP contribution >= 0.6 is 0 Å². The summed E-state index contributed by atoms with van der Waals surface area (Å²) in [5, 5.41) is 14.0. The monoisotopic (exact) mass is 542 g/mol. The van der Waals surface area contributed by atoms with Gasteiger partial charge in [0.15, 0.2) is 33.9 Å². The van der Waals surface area contributed by atoms with Gasteiger partial charge in [-0.15, -0.1) is 0 Å². The third-order valence-corrected chi connectivity index (χ3v) is 8.30. The zero-order chi connectivity index (χ0) is 28.4. The van der Waals surface area contributed by atoms with Crippen molar-refractivity contribution < 1.29 is 38.4 Å². The molecule has 5 aromatic carbocycles. The average molecular weight is 542 g/mol. The van der Waals surface area contributed by atoms with Gasteiger partial charge in [-0.2, -0.15) is 0 Å². The Kier molecular flexibility index (Phi) is 4.75. The molecule has 5 aromatic rings. The Labute approximate surface area is 225 Å². The highest BCUT2D eigenvalue weighted by Crippen LogP contribution is 2.62. The van der Waals surface area contributed by atoms with Gasteiger partial charge in [0, 0.05) is 44.8 Å². The number of fused-ring (bicyclic) bond motifs is 4. The lowest BCUT2D eigenvalue weighted by Crippen LogP contribution is -2.28. The van der Waals surface area contributed by atoms with E-state index in [1.54, 1.807) is 0 Å². The summed E-state index contributed by atoms with van der Waals surface area (Å²) in [7, 11) is 4.14. The Morgan fingerprint density at radius 3 is 1.75 bits per heavy atom. The summed E-state index contributed by atoms with van der Waals surface area (Å²) in [6.07, 6.45) is 0. The predicted molar refractivity (Wildman–Crippen MR) is 146 cm³/mol. The molecule has 202 valence electrons. The van der Waals surface area contributed by atoms with E-state index in [0.29, 0.717) is 37.9 Å². The van der Waals surface area contributed by atoms with E-state index in [1.165, 1.54) is 47.3 Å². The standard InChI is InChI=1S/C30H22O10/c1-9(31)15-16(10(2)32)26-24-22-18(29-30(26)40-8-39-29)12(34)7-14(37-4)20(22)19-13(36-3)6-11(33)17-21(19)23(24)25(15)28(38-5)27(17)35/h6-7,15-16,35H,8H2,1-5H3/t15-,16-/m1/s1. The first-order chi connectivity index (χ1) is 19.2. The van der Waals surface area contributed by atoms with Gasteiger partial charge in [-0.1, -0.05) is 0 Å². The topological polar surface area (TPSA) is 135 Å². The molecular formula is C30H22O10. The van der Waals surface area contributed by atoms with Gasteiger partial charge in [-0.3, -0.25) is 19.2 Å². The van der Waals surface area contributed by atoms with Gasteiger partial charge >= 0.3 is 0 Å². The van der Waals surface area contributed by atoms with Crippen LogP contribution in [0.1, 0.15) is 36.8 Å². The van der Waals surface area contributed by atoms with Crippen LogP contribution in [0.25, 0.3) is 43.1 Å². The number of rotatable bonds is 5. The summed E-state index contributed by atoms with van der Waals surface area (Å²) in [4.78, 5) is 53.9.